The standard InChI is InChI=1S/C13H17BrN2/c1-10-6-11(14)7-15-12(10)16-8-13(9-16)4-2-3-5-13/h6-7H,2-5,8-9H2,1H3. The predicted molar refractivity (Wildman–Crippen MR) is 69.8 cm³/mol. The van der Waals surface area contributed by atoms with Crippen LogP contribution in [0, 0.1) is 12.3 Å². The minimum atomic E-state index is 0.654. The van der Waals surface area contributed by atoms with Gasteiger partial charge in [0.1, 0.15) is 5.82 Å². The molecular weight excluding hydrogens is 264 g/mol. The first-order valence-corrected chi connectivity index (χ1v) is 6.85. The van der Waals surface area contributed by atoms with E-state index in [-0.39, 0.29) is 0 Å². The van der Waals surface area contributed by atoms with E-state index >= 15 is 0 Å². The van der Waals surface area contributed by atoms with Gasteiger partial charge in [0.05, 0.1) is 0 Å². The quantitative estimate of drug-likeness (QED) is 0.782. The molecule has 2 heterocycles. The van der Waals surface area contributed by atoms with Crippen molar-refractivity contribution >= 4 is 21.7 Å². The highest BCUT2D eigenvalue weighted by atomic mass is 79.9. The summed E-state index contributed by atoms with van der Waals surface area (Å²) >= 11 is 3.46. The number of nitrogens with zero attached hydrogens (tertiary/aromatic N) is 2. The number of hydrogen-bond donors (Lipinski definition) is 0. The molecule has 0 aromatic carbocycles. The summed E-state index contributed by atoms with van der Waals surface area (Å²) in [5.74, 6) is 1.18. The molecule has 1 saturated carbocycles. The summed E-state index contributed by atoms with van der Waals surface area (Å²) in [5.41, 5.74) is 1.93. The zero-order valence-electron chi connectivity index (χ0n) is 9.67. The smallest absolute Gasteiger partial charge is 0.131 e. The van der Waals surface area contributed by atoms with Crippen LogP contribution in [0.1, 0.15) is 31.2 Å². The van der Waals surface area contributed by atoms with Crippen LogP contribution < -0.4 is 4.90 Å². The largest absolute Gasteiger partial charge is 0.355 e. The van der Waals surface area contributed by atoms with Crippen molar-refractivity contribution in [3.05, 3.63) is 22.3 Å². The molecule has 0 amide bonds. The highest BCUT2D eigenvalue weighted by Gasteiger charge is 2.45. The predicted octanol–water partition coefficient (Wildman–Crippen LogP) is 3.53. The van der Waals surface area contributed by atoms with Crippen molar-refractivity contribution in [2.75, 3.05) is 18.0 Å². The molecule has 1 aromatic heterocycles. The first-order chi connectivity index (χ1) is 7.69. The van der Waals surface area contributed by atoms with Crippen molar-refractivity contribution in [3.63, 3.8) is 0 Å². The molecule has 1 saturated heterocycles. The van der Waals surface area contributed by atoms with Gasteiger partial charge < -0.3 is 4.90 Å². The maximum atomic E-state index is 4.53. The number of hydrogen-bond acceptors (Lipinski definition) is 2. The Labute approximate surface area is 105 Å². The van der Waals surface area contributed by atoms with Gasteiger partial charge in [-0.15, -0.1) is 0 Å². The van der Waals surface area contributed by atoms with Crippen LogP contribution in [0.3, 0.4) is 0 Å². The van der Waals surface area contributed by atoms with Crippen molar-refractivity contribution < 1.29 is 0 Å². The summed E-state index contributed by atoms with van der Waals surface area (Å²) < 4.78 is 1.07. The van der Waals surface area contributed by atoms with E-state index in [1.807, 2.05) is 6.20 Å². The number of pyridine rings is 1. The van der Waals surface area contributed by atoms with E-state index in [1.165, 1.54) is 50.2 Å². The van der Waals surface area contributed by atoms with E-state index in [9.17, 15) is 0 Å². The second-order valence-electron chi connectivity index (χ2n) is 5.36. The molecule has 1 aliphatic carbocycles. The van der Waals surface area contributed by atoms with E-state index in [0.29, 0.717) is 5.41 Å². The Morgan fingerprint density at radius 2 is 2.00 bits per heavy atom. The molecule has 0 bridgehead atoms. The fourth-order valence-electron chi connectivity index (χ4n) is 3.22. The molecule has 2 nitrogen and oxygen atoms in total. The van der Waals surface area contributed by atoms with Gasteiger partial charge in [-0.2, -0.15) is 0 Å². The molecule has 16 heavy (non-hydrogen) atoms. The molecule has 0 unspecified atom stereocenters. The minimum absolute atomic E-state index is 0.654. The maximum absolute atomic E-state index is 4.53. The first-order valence-electron chi connectivity index (χ1n) is 6.06. The third-order valence-corrected chi connectivity index (χ3v) is 4.47. The van der Waals surface area contributed by atoms with E-state index < -0.39 is 0 Å². The normalized spacial score (nSPS) is 22.5. The lowest BCUT2D eigenvalue weighted by Gasteiger charge is -2.49. The van der Waals surface area contributed by atoms with Gasteiger partial charge in [0, 0.05) is 29.2 Å². The third-order valence-electron chi connectivity index (χ3n) is 4.03. The number of aryl methyl sites for hydroxylation is 1. The van der Waals surface area contributed by atoms with Crippen LogP contribution >= 0.6 is 15.9 Å². The van der Waals surface area contributed by atoms with E-state index in [0.717, 1.165) is 4.47 Å². The minimum Gasteiger partial charge on any atom is -0.355 e. The zero-order valence-corrected chi connectivity index (χ0v) is 11.3. The topological polar surface area (TPSA) is 16.1 Å². The summed E-state index contributed by atoms with van der Waals surface area (Å²) in [4.78, 5) is 6.97. The second kappa shape index (κ2) is 3.73. The molecular formula is C13H17BrN2. The summed E-state index contributed by atoms with van der Waals surface area (Å²) in [5, 5.41) is 0. The fraction of sp³-hybridized carbons (Fsp3) is 0.615. The van der Waals surface area contributed by atoms with E-state index in [2.05, 4.69) is 38.8 Å². The molecule has 86 valence electrons. The molecule has 2 aliphatic rings. The van der Waals surface area contributed by atoms with E-state index in [4.69, 9.17) is 0 Å². The maximum Gasteiger partial charge on any atom is 0.131 e. The van der Waals surface area contributed by atoms with Gasteiger partial charge in [0.2, 0.25) is 0 Å². The van der Waals surface area contributed by atoms with E-state index in [1.54, 1.807) is 0 Å². The van der Waals surface area contributed by atoms with Crippen molar-refractivity contribution in [1.82, 2.24) is 4.98 Å². The molecule has 1 spiro atoms. The SMILES string of the molecule is Cc1cc(Br)cnc1N1CC2(CCCC2)C1. The van der Waals surface area contributed by atoms with Gasteiger partial charge in [0.25, 0.3) is 0 Å². The van der Waals surface area contributed by atoms with Crippen LogP contribution in [0.5, 0.6) is 0 Å². The first kappa shape index (κ1) is 10.6. The molecule has 1 aromatic rings. The Kier molecular flexibility index (Phi) is 2.46. The Bertz CT molecular complexity index is 402. The van der Waals surface area contributed by atoms with Crippen molar-refractivity contribution in [2.45, 2.75) is 32.6 Å². The highest BCUT2D eigenvalue weighted by molar-refractivity contribution is 9.10. The summed E-state index contributed by atoms with van der Waals surface area (Å²) in [6.45, 7) is 4.59. The van der Waals surface area contributed by atoms with Gasteiger partial charge in [-0.25, -0.2) is 4.98 Å². The molecule has 0 N–H and O–H groups in total. The number of rotatable bonds is 1. The van der Waals surface area contributed by atoms with Crippen LogP contribution in [-0.2, 0) is 0 Å². The number of aromatic nitrogens is 1. The van der Waals surface area contributed by atoms with Crippen LogP contribution in [0.15, 0.2) is 16.7 Å². The lowest BCUT2D eigenvalue weighted by atomic mass is 9.78. The van der Waals surface area contributed by atoms with Gasteiger partial charge in [0.15, 0.2) is 0 Å². The van der Waals surface area contributed by atoms with Crippen LogP contribution in [0.4, 0.5) is 5.82 Å². The van der Waals surface area contributed by atoms with Crippen LogP contribution in [-0.4, -0.2) is 18.1 Å². The number of anilines is 1. The summed E-state index contributed by atoms with van der Waals surface area (Å²) in [6.07, 6.45) is 7.63. The molecule has 3 heteroatoms. The van der Waals surface area contributed by atoms with Gasteiger partial charge in [-0.05, 0) is 47.3 Å². The summed E-state index contributed by atoms with van der Waals surface area (Å²) in [7, 11) is 0. The van der Waals surface area contributed by atoms with Gasteiger partial charge in [-0.1, -0.05) is 12.8 Å². The second-order valence-corrected chi connectivity index (χ2v) is 6.27. The monoisotopic (exact) mass is 280 g/mol. The van der Waals surface area contributed by atoms with Gasteiger partial charge >= 0.3 is 0 Å². The Morgan fingerprint density at radius 1 is 1.31 bits per heavy atom. The average molecular weight is 281 g/mol. The lowest BCUT2D eigenvalue weighted by molar-refractivity contribution is 0.220. The fourth-order valence-corrected chi connectivity index (χ4v) is 3.66. The lowest BCUT2D eigenvalue weighted by Crippen LogP contribution is -2.55. The average Bonchev–Trinajstić information content (AvgIpc) is 2.65. The van der Waals surface area contributed by atoms with Gasteiger partial charge in [-0.3, -0.25) is 0 Å². The molecule has 2 fully saturated rings. The zero-order chi connectivity index (χ0) is 11.2. The van der Waals surface area contributed by atoms with Crippen LogP contribution in [0.2, 0.25) is 0 Å². The highest BCUT2D eigenvalue weighted by Crippen LogP contribution is 2.47. The van der Waals surface area contributed by atoms with Crippen LogP contribution in [0.25, 0.3) is 0 Å². The van der Waals surface area contributed by atoms with Crippen molar-refractivity contribution in [2.24, 2.45) is 5.41 Å². The summed E-state index contributed by atoms with van der Waals surface area (Å²) in [6, 6.07) is 2.15. The molecule has 0 atom stereocenters. The third kappa shape index (κ3) is 1.65. The van der Waals surface area contributed by atoms with Crippen molar-refractivity contribution in [1.29, 1.82) is 0 Å². The number of halogens is 1. The Balaban J connectivity index is 1.76. The molecule has 1 aliphatic heterocycles. The Morgan fingerprint density at radius 3 is 2.62 bits per heavy atom. The molecule has 3 rings (SSSR count). The Hall–Kier alpha value is -0.570. The molecule has 0 radical (unpaired) electrons. The van der Waals surface area contributed by atoms with Crippen molar-refractivity contribution in [3.8, 4) is 0 Å².